The monoisotopic (exact) mass is 169 g/mol. The van der Waals surface area contributed by atoms with Crippen LogP contribution in [0.3, 0.4) is 0 Å². The molecule has 0 aromatic heterocycles. The molecule has 68 valence electrons. The van der Waals surface area contributed by atoms with E-state index < -0.39 is 0 Å². The van der Waals surface area contributed by atoms with Crippen molar-refractivity contribution < 1.29 is 9.90 Å². The van der Waals surface area contributed by atoms with Crippen molar-refractivity contribution in [1.29, 1.82) is 0 Å². The molecule has 0 spiro atoms. The average Bonchev–Trinajstić information content (AvgIpc) is 2.86. The normalized spacial score (nSPS) is 32.8. The van der Waals surface area contributed by atoms with Gasteiger partial charge in [-0.1, -0.05) is 0 Å². The zero-order chi connectivity index (χ0) is 8.60. The van der Waals surface area contributed by atoms with Crippen LogP contribution in [0.1, 0.15) is 25.7 Å². The van der Waals surface area contributed by atoms with Crippen molar-refractivity contribution in [3.8, 4) is 0 Å². The number of hydrogen-bond donors (Lipinski definition) is 2. The summed E-state index contributed by atoms with van der Waals surface area (Å²) in [7, 11) is 0. The Kier molecular flexibility index (Phi) is 1.83. The Bertz CT molecular complexity index is 189. The van der Waals surface area contributed by atoms with E-state index in [-0.39, 0.29) is 11.3 Å². The van der Waals surface area contributed by atoms with E-state index in [2.05, 4.69) is 5.32 Å². The van der Waals surface area contributed by atoms with Gasteiger partial charge in [0.15, 0.2) is 0 Å². The van der Waals surface area contributed by atoms with Gasteiger partial charge in [-0.25, -0.2) is 0 Å². The lowest BCUT2D eigenvalue weighted by Gasteiger charge is -2.29. The molecule has 1 heterocycles. The summed E-state index contributed by atoms with van der Waals surface area (Å²) in [5, 5.41) is 12.0. The predicted molar refractivity (Wildman–Crippen MR) is 44.5 cm³/mol. The number of aliphatic hydroxyl groups excluding tert-OH is 1. The highest BCUT2D eigenvalue weighted by Crippen LogP contribution is 2.53. The van der Waals surface area contributed by atoms with Crippen molar-refractivity contribution >= 4 is 5.91 Å². The molecule has 2 fully saturated rings. The maximum atomic E-state index is 10.9. The summed E-state index contributed by atoms with van der Waals surface area (Å²) in [6.45, 7) is 1.08. The Morgan fingerprint density at radius 3 is 2.75 bits per heavy atom. The zero-order valence-corrected chi connectivity index (χ0v) is 7.18. The van der Waals surface area contributed by atoms with Crippen molar-refractivity contribution in [2.24, 2.45) is 11.3 Å². The Morgan fingerprint density at radius 2 is 2.33 bits per heavy atom. The van der Waals surface area contributed by atoms with Gasteiger partial charge in [-0.15, -0.1) is 0 Å². The molecule has 0 radical (unpaired) electrons. The summed E-state index contributed by atoms with van der Waals surface area (Å²) in [4.78, 5) is 10.9. The van der Waals surface area contributed by atoms with Gasteiger partial charge in [0.05, 0.1) is 0 Å². The van der Waals surface area contributed by atoms with E-state index >= 15 is 0 Å². The summed E-state index contributed by atoms with van der Waals surface area (Å²) in [5.41, 5.74) is 0.188. The molecule has 0 aromatic carbocycles. The summed E-state index contributed by atoms with van der Waals surface area (Å²) >= 11 is 0. The Hall–Kier alpha value is -0.570. The first-order valence-electron chi connectivity index (χ1n) is 4.64. The SMILES string of the molecule is O=C1CCC(C2(CO)CC2)CN1. The lowest BCUT2D eigenvalue weighted by Crippen LogP contribution is -2.39. The first kappa shape index (κ1) is 8.05. The average molecular weight is 169 g/mol. The number of hydrogen-bond acceptors (Lipinski definition) is 2. The van der Waals surface area contributed by atoms with Crippen LogP contribution in [0.4, 0.5) is 0 Å². The first-order chi connectivity index (χ1) is 5.77. The number of aliphatic hydroxyl groups is 1. The molecule has 1 saturated carbocycles. The summed E-state index contributed by atoms with van der Waals surface area (Å²) < 4.78 is 0. The van der Waals surface area contributed by atoms with Gasteiger partial charge in [0.25, 0.3) is 0 Å². The van der Waals surface area contributed by atoms with E-state index in [9.17, 15) is 4.79 Å². The van der Waals surface area contributed by atoms with E-state index in [0.717, 1.165) is 25.8 Å². The Morgan fingerprint density at radius 1 is 1.58 bits per heavy atom. The lowest BCUT2D eigenvalue weighted by molar-refractivity contribution is -0.123. The molecule has 1 unspecified atom stereocenters. The maximum Gasteiger partial charge on any atom is 0.220 e. The number of piperidine rings is 1. The molecule has 2 rings (SSSR count). The molecule has 1 atom stereocenters. The van der Waals surface area contributed by atoms with Gasteiger partial charge in [0.1, 0.15) is 0 Å². The minimum Gasteiger partial charge on any atom is -0.396 e. The van der Waals surface area contributed by atoms with E-state index in [1.807, 2.05) is 0 Å². The van der Waals surface area contributed by atoms with E-state index in [1.165, 1.54) is 0 Å². The van der Waals surface area contributed by atoms with Crippen molar-refractivity contribution in [3.63, 3.8) is 0 Å². The van der Waals surface area contributed by atoms with Crippen molar-refractivity contribution in [2.45, 2.75) is 25.7 Å². The summed E-state index contributed by atoms with van der Waals surface area (Å²) in [6.07, 6.45) is 3.90. The van der Waals surface area contributed by atoms with Gasteiger partial charge in [-0.2, -0.15) is 0 Å². The molecule has 0 aromatic rings. The van der Waals surface area contributed by atoms with Crippen LogP contribution in [-0.4, -0.2) is 24.2 Å². The predicted octanol–water partition coefficient (Wildman–Crippen LogP) is 0.285. The minimum absolute atomic E-state index is 0.167. The highest BCUT2D eigenvalue weighted by atomic mass is 16.3. The van der Waals surface area contributed by atoms with Gasteiger partial charge in [0, 0.05) is 19.6 Å². The van der Waals surface area contributed by atoms with Gasteiger partial charge in [-0.3, -0.25) is 4.79 Å². The molecule has 2 aliphatic rings. The second-order valence-corrected chi connectivity index (χ2v) is 4.06. The van der Waals surface area contributed by atoms with Crippen molar-refractivity contribution in [1.82, 2.24) is 5.32 Å². The van der Waals surface area contributed by atoms with Crippen molar-refractivity contribution in [3.05, 3.63) is 0 Å². The Labute approximate surface area is 72.2 Å². The smallest absolute Gasteiger partial charge is 0.220 e. The van der Waals surface area contributed by atoms with E-state index in [0.29, 0.717) is 18.9 Å². The molecule has 3 heteroatoms. The summed E-state index contributed by atoms with van der Waals surface area (Å²) in [5.74, 6) is 0.695. The largest absolute Gasteiger partial charge is 0.396 e. The molecule has 1 aliphatic heterocycles. The second-order valence-electron chi connectivity index (χ2n) is 4.06. The number of nitrogens with one attached hydrogen (secondary N) is 1. The van der Waals surface area contributed by atoms with Crippen LogP contribution in [0.15, 0.2) is 0 Å². The third-order valence-electron chi connectivity index (χ3n) is 3.34. The van der Waals surface area contributed by atoms with Crippen LogP contribution in [-0.2, 0) is 4.79 Å². The maximum absolute atomic E-state index is 10.9. The number of amides is 1. The zero-order valence-electron chi connectivity index (χ0n) is 7.18. The highest BCUT2D eigenvalue weighted by Gasteiger charge is 2.49. The molecule has 3 nitrogen and oxygen atoms in total. The Balaban J connectivity index is 1.93. The quantitative estimate of drug-likeness (QED) is 0.624. The van der Waals surface area contributed by atoms with Gasteiger partial charge >= 0.3 is 0 Å². The van der Waals surface area contributed by atoms with E-state index in [4.69, 9.17) is 5.11 Å². The fourth-order valence-corrected chi connectivity index (χ4v) is 2.11. The molecule has 1 amide bonds. The van der Waals surface area contributed by atoms with Gasteiger partial charge < -0.3 is 10.4 Å². The molecule has 1 aliphatic carbocycles. The van der Waals surface area contributed by atoms with Crippen LogP contribution in [0, 0.1) is 11.3 Å². The molecule has 12 heavy (non-hydrogen) atoms. The lowest BCUT2D eigenvalue weighted by atomic mass is 9.84. The fraction of sp³-hybridized carbons (Fsp3) is 0.889. The minimum atomic E-state index is 0.167. The number of carbonyl (C=O) groups excluding carboxylic acids is 1. The molecular formula is C9H15NO2. The highest BCUT2D eigenvalue weighted by molar-refractivity contribution is 5.76. The van der Waals surface area contributed by atoms with Crippen LogP contribution in [0.2, 0.25) is 0 Å². The van der Waals surface area contributed by atoms with Crippen LogP contribution < -0.4 is 5.32 Å². The van der Waals surface area contributed by atoms with Crippen LogP contribution in [0.5, 0.6) is 0 Å². The molecule has 0 bridgehead atoms. The van der Waals surface area contributed by atoms with Crippen molar-refractivity contribution in [2.75, 3.05) is 13.2 Å². The standard InChI is InChI=1S/C9H15NO2/c11-6-9(3-4-9)7-1-2-8(12)10-5-7/h7,11H,1-6H2,(H,10,12). The molecular weight excluding hydrogens is 154 g/mol. The first-order valence-corrected chi connectivity index (χ1v) is 4.64. The molecule has 2 N–H and O–H groups in total. The second kappa shape index (κ2) is 2.73. The third kappa shape index (κ3) is 1.22. The van der Waals surface area contributed by atoms with Crippen LogP contribution in [0.25, 0.3) is 0 Å². The van der Waals surface area contributed by atoms with Gasteiger partial charge in [0.2, 0.25) is 5.91 Å². The van der Waals surface area contributed by atoms with Gasteiger partial charge in [-0.05, 0) is 30.6 Å². The fourth-order valence-electron chi connectivity index (χ4n) is 2.11. The number of carbonyl (C=O) groups is 1. The van der Waals surface area contributed by atoms with Crippen LogP contribution >= 0.6 is 0 Å². The number of rotatable bonds is 2. The topological polar surface area (TPSA) is 49.3 Å². The molecule has 1 saturated heterocycles. The summed E-state index contributed by atoms with van der Waals surface area (Å²) in [6, 6.07) is 0. The third-order valence-corrected chi connectivity index (χ3v) is 3.34. The van der Waals surface area contributed by atoms with E-state index in [1.54, 1.807) is 0 Å².